The Kier molecular flexibility index (Phi) is 6.99. The quantitative estimate of drug-likeness (QED) is 0.464. The van der Waals surface area contributed by atoms with Crippen LogP contribution in [-0.2, 0) is 12.3 Å². The van der Waals surface area contributed by atoms with Crippen LogP contribution >= 0.6 is 11.8 Å². The number of nitrogens with zero attached hydrogens (tertiary/aromatic N) is 7. The molecule has 0 unspecified atom stereocenters. The molecule has 0 saturated heterocycles. The molecule has 1 aromatic carbocycles. The Balaban J connectivity index is 1.59. The number of aryl methyl sites for hydroxylation is 1. The number of hydrogen-bond donors (Lipinski definition) is 0. The second kappa shape index (κ2) is 10.1. The van der Waals surface area contributed by atoms with Crippen LogP contribution in [0.4, 0.5) is 0 Å². The fraction of sp³-hybridized carbons (Fsp3) is 0.571. The molecule has 9 heteroatoms. The van der Waals surface area contributed by atoms with E-state index in [0.717, 1.165) is 47.5 Å². The van der Waals surface area contributed by atoms with Crippen LogP contribution in [0.3, 0.4) is 0 Å². The van der Waals surface area contributed by atoms with Gasteiger partial charge in [0.15, 0.2) is 16.8 Å². The molecule has 2 heterocycles. The van der Waals surface area contributed by atoms with Crippen LogP contribution in [0.2, 0.25) is 0 Å². The van der Waals surface area contributed by atoms with Crippen LogP contribution in [-0.4, -0.2) is 42.1 Å². The van der Waals surface area contributed by atoms with Gasteiger partial charge in [0.25, 0.3) is 0 Å². The summed E-state index contributed by atoms with van der Waals surface area (Å²) in [6.45, 7) is 3.03. The summed E-state index contributed by atoms with van der Waals surface area (Å²) in [6, 6.07) is 8.50. The zero-order valence-corrected chi connectivity index (χ0v) is 18.5. The normalized spacial score (nSPS) is 14.9. The van der Waals surface area contributed by atoms with Crippen LogP contribution < -0.4 is 4.74 Å². The van der Waals surface area contributed by atoms with Gasteiger partial charge in [0, 0.05) is 18.2 Å². The van der Waals surface area contributed by atoms with Gasteiger partial charge >= 0.3 is 0 Å². The first-order valence-electron chi connectivity index (χ1n) is 10.8. The van der Waals surface area contributed by atoms with E-state index in [-0.39, 0.29) is 0 Å². The highest BCUT2D eigenvalue weighted by molar-refractivity contribution is 7.98. The molecule has 1 saturated carbocycles. The van der Waals surface area contributed by atoms with Gasteiger partial charge < -0.3 is 4.74 Å². The van der Waals surface area contributed by atoms with Crippen molar-refractivity contribution in [3.8, 4) is 17.1 Å². The Morgan fingerprint density at radius 2 is 1.87 bits per heavy atom. The Bertz CT molecular complexity index is 931. The number of rotatable bonds is 9. The van der Waals surface area contributed by atoms with E-state index in [2.05, 4.69) is 49.3 Å². The number of benzene rings is 1. The molecule has 8 nitrogen and oxygen atoms in total. The molecule has 1 aliphatic rings. The van der Waals surface area contributed by atoms with E-state index in [1.807, 2.05) is 16.8 Å². The number of ether oxygens (including phenoxy) is 1. The van der Waals surface area contributed by atoms with Crippen molar-refractivity contribution in [2.24, 2.45) is 0 Å². The molecule has 3 aromatic rings. The minimum absolute atomic E-state index is 0.435. The molecule has 2 aromatic heterocycles. The maximum absolute atomic E-state index is 5.31. The predicted molar refractivity (Wildman–Crippen MR) is 116 cm³/mol. The van der Waals surface area contributed by atoms with Gasteiger partial charge in [0.1, 0.15) is 5.75 Å². The highest BCUT2D eigenvalue weighted by atomic mass is 32.2. The molecule has 30 heavy (non-hydrogen) atoms. The standard InChI is InChI=1S/C21H29N7OS/c1-3-4-14-27-19(22-25-26-27)15-30-21-24-23-20(16-10-12-18(29-2)13-11-16)28(21)17-8-6-5-7-9-17/h10-13,17H,3-9,14-15H2,1-2H3. The van der Waals surface area contributed by atoms with Crippen molar-refractivity contribution in [2.45, 2.75) is 75.4 Å². The largest absolute Gasteiger partial charge is 0.497 e. The van der Waals surface area contributed by atoms with Crippen molar-refractivity contribution in [1.82, 2.24) is 35.0 Å². The molecule has 0 spiro atoms. The maximum Gasteiger partial charge on any atom is 0.192 e. The van der Waals surface area contributed by atoms with Gasteiger partial charge in [-0.3, -0.25) is 4.57 Å². The van der Waals surface area contributed by atoms with Crippen LogP contribution in [0.1, 0.15) is 63.7 Å². The second-order valence-corrected chi connectivity index (χ2v) is 8.60. The molecule has 1 aliphatic carbocycles. The number of methoxy groups -OCH3 is 1. The summed E-state index contributed by atoms with van der Waals surface area (Å²) in [6.07, 6.45) is 8.35. The Hall–Kier alpha value is -2.42. The first-order chi connectivity index (χ1) is 14.8. The van der Waals surface area contributed by atoms with Crippen molar-refractivity contribution in [2.75, 3.05) is 7.11 Å². The van der Waals surface area contributed by atoms with E-state index in [0.29, 0.717) is 11.8 Å². The topological polar surface area (TPSA) is 83.5 Å². The molecule has 0 atom stereocenters. The maximum atomic E-state index is 5.31. The van der Waals surface area contributed by atoms with Crippen LogP contribution in [0.25, 0.3) is 11.4 Å². The van der Waals surface area contributed by atoms with Crippen LogP contribution in [0, 0.1) is 0 Å². The Labute approximate surface area is 181 Å². The van der Waals surface area contributed by atoms with Gasteiger partial charge in [0.05, 0.1) is 12.9 Å². The fourth-order valence-corrected chi connectivity index (χ4v) is 4.86. The minimum atomic E-state index is 0.435. The van der Waals surface area contributed by atoms with Gasteiger partial charge in [-0.15, -0.1) is 15.3 Å². The van der Waals surface area contributed by atoms with Gasteiger partial charge in [-0.05, 0) is 54.0 Å². The summed E-state index contributed by atoms with van der Waals surface area (Å²) in [4.78, 5) is 0. The van der Waals surface area contributed by atoms with Crippen molar-refractivity contribution < 1.29 is 4.74 Å². The van der Waals surface area contributed by atoms with E-state index in [4.69, 9.17) is 4.74 Å². The average molecular weight is 428 g/mol. The number of hydrogen-bond acceptors (Lipinski definition) is 7. The van der Waals surface area contributed by atoms with Gasteiger partial charge in [-0.2, -0.15) is 0 Å². The summed E-state index contributed by atoms with van der Waals surface area (Å²) in [5, 5.41) is 22.3. The predicted octanol–water partition coefficient (Wildman–Crippen LogP) is 4.54. The lowest BCUT2D eigenvalue weighted by Gasteiger charge is -2.25. The highest BCUT2D eigenvalue weighted by Crippen LogP contribution is 2.36. The molecule has 0 N–H and O–H groups in total. The van der Waals surface area contributed by atoms with Crippen LogP contribution in [0.5, 0.6) is 5.75 Å². The van der Waals surface area contributed by atoms with E-state index < -0.39 is 0 Å². The second-order valence-electron chi connectivity index (χ2n) is 7.66. The number of tetrazole rings is 1. The van der Waals surface area contributed by atoms with Crippen molar-refractivity contribution >= 4 is 11.8 Å². The first-order valence-corrected chi connectivity index (χ1v) is 11.8. The Morgan fingerprint density at radius 1 is 1.07 bits per heavy atom. The fourth-order valence-electron chi connectivity index (χ4n) is 3.92. The number of thioether (sulfide) groups is 1. The van der Waals surface area contributed by atoms with Gasteiger partial charge in [0.2, 0.25) is 0 Å². The third kappa shape index (κ3) is 4.66. The highest BCUT2D eigenvalue weighted by Gasteiger charge is 2.24. The lowest BCUT2D eigenvalue weighted by atomic mass is 9.95. The smallest absolute Gasteiger partial charge is 0.192 e. The lowest BCUT2D eigenvalue weighted by Crippen LogP contribution is -2.15. The molecule has 0 aliphatic heterocycles. The monoisotopic (exact) mass is 427 g/mol. The number of unbranched alkanes of at least 4 members (excludes halogenated alkanes) is 1. The molecular formula is C21H29N7OS. The van der Waals surface area contributed by atoms with Crippen molar-refractivity contribution in [3.05, 3.63) is 30.1 Å². The minimum Gasteiger partial charge on any atom is -0.497 e. The van der Waals surface area contributed by atoms with Gasteiger partial charge in [-0.1, -0.05) is 44.4 Å². The average Bonchev–Trinajstić information content (AvgIpc) is 3.43. The molecular weight excluding hydrogens is 398 g/mol. The van der Waals surface area contributed by atoms with Crippen molar-refractivity contribution in [1.29, 1.82) is 0 Å². The van der Waals surface area contributed by atoms with Gasteiger partial charge in [-0.25, -0.2) is 4.68 Å². The molecule has 0 radical (unpaired) electrons. The van der Waals surface area contributed by atoms with E-state index in [1.54, 1.807) is 18.9 Å². The molecule has 0 bridgehead atoms. The molecule has 1 fully saturated rings. The molecule has 160 valence electrons. The third-order valence-electron chi connectivity index (χ3n) is 5.61. The number of aromatic nitrogens is 7. The van der Waals surface area contributed by atoms with Crippen molar-refractivity contribution in [3.63, 3.8) is 0 Å². The summed E-state index contributed by atoms with van der Waals surface area (Å²) in [7, 11) is 1.68. The lowest BCUT2D eigenvalue weighted by molar-refractivity contribution is 0.339. The van der Waals surface area contributed by atoms with E-state index in [9.17, 15) is 0 Å². The molecule has 0 amide bonds. The summed E-state index contributed by atoms with van der Waals surface area (Å²) < 4.78 is 9.55. The third-order valence-corrected chi connectivity index (χ3v) is 6.55. The summed E-state index contributed by atoms with van der Waals surface area (Å²) in [5.41, 5.74) is 1.06. The summed E-state index contributed by atoms with van der Waals surface area (Å²) >= 11 is 1.67. The Morgan fingerprint density at radius 3 is 2.60 bits per heavy atom. The van der Waals surface area contributed by atoms with Crippen LogP contribution in [0.15, 0.2) is 29.4 Å². The SMILES string of the molecule is CCCCn1nnnc1CSc1nnc(-c2ccc(OC)cc2)n1C1CCCCC1. The zero-order chi connectivity index (χ0) is 20.8. The molecule has 4 rings (SSSR count). The zero-order valence-electron chi connectivity index (χ0n) is 17.7. The van der Waals surface area contributed by atoms with E-state index in [1.165, 1.54) is 32.1 Å². The first kappa shape index (κ1) is 20.8. The summed E-state index contributed by atoms with van der Waals surface area (Å²) in [5.74, 6) is 3.34. The van der Waals surface area contributed by atoms with E-state index >= 15 is 0 Å².